The number of carboxylic acid groups (broad SMARTS) is 1. The number of aliphatic hydroxyl groups is 2. The number of carbonyl (C=O) groups is 3. The minimum Gasteiger partial charge on any atom is -0.543 e. The number of amides is 2. The van der Waals surface area contributed by atoms with Crippen LogP contribution in [0.15, 0.2) is 34.9 Å². The van der Waals surface area contributed by atoms with Crippen LogP contribution in [0.3, 0.4) is 0 Å². The summed E-state index contributed by atoms with van der Waals surface area (Å²) in [6.45, 7) is 4.03. The number of fused-ring (bicyclic) bond motifs is 1. The molecular formula is C28H38N4O9S. The maximum Gasteiger partial charge on any atom is 0.410 e. The van der Waals surface area contributed by atoms with E-state index in [4.69, 9.17) is 4.74 Å². The highest BCUT2D eigenvalue weighted by molar-refractivity contribution is 8.03. The molecular weight excluding hydrogens is 568 g/mol. The molecule has 0 unspecified atom stereocenters. The Morgan fingerprint density at radius 1 is 1.21 bits per heavy atom. The first-order chi connectivity index (χ1) is 19.6. The van der Waals surface area contributed by atoms with Gasteiger partial charge in [0.15, 0.2) is 0 Å². The molecule has 0 bridgehead atoms. The van der Waals surface area contributed by atoms with Gasteiger partial charge in [0.05, 0.1) is 74.5 Å². The lowest BCUT2D eigenvalue weighted by atomic mass is 9.79. The fourth-order valence-corrected chi connectivity index (χ4v) is 7.52. The number of hydrogen-bond acceptors (Lipinski definition) is 10. The van der Waals surface area contributed by atoms with Gasteiger partial charge in [-0.2, -0.15) is 0 Å². The average Bonchev–Trinajstić information content (AvgIpc) is 3.43. The number of aliphatic hydroxyl groups excluding tert-OH is 2. The molecule has 230 valence electrons. The van der Waals surface area contributed by atoms with E-state index in [1.807, 2.05) is 28.1 Å². The van der Waals surface area contributed by atoms with E-state index in [-0.39, 0.29) is 35.7 Å². The Bertz CT molecular complexity index is 1260. The number of carbonyl (C=O) groups excluding carboxylic acids is 3. The molecule has 2 N–H and O–H groups in total. The van der Waals surface area contributed by atoms with Crippen molar-refractivity contribution in [3.05, 3.63) is 50.5 Å². The summed E-state index contributed by atoms with van der Waals surface area (Å²) in [5.74, 6) is -2.98. The Hall–Kier alpha value is -3.20. The largest absolute Gasteiger partial charge is 0.543 e. The number of β-lactam (4-membered cyclic amide) rings is 1. The van der Waals surface area contributed by atoms with Crippen LogP contribution in [-0.2, 0) is 20.9 Å². The summed E-state index contributed by atoms with van der Waals surface area (Å²) in [4.78, 5) is 51.6. The van der Waals surface area contributed by atoms with E-state index in [2.05, 4.69) is 0 Å². The van der Waals surface area contributed by atoms with Crippen molar-refractivity contribution in [2.24, 2.45) is 11.8 Å². The number of nitrogens with zero attached hydrogens (tertiary/aromatic N) is 4. The smallest absolute Gasteiger partial charge is 0.410 e. The molecule has 0 aliphatic carbocycles. The zero-order valence-corrected chi connectivity index (χ0v) is 25.2. The van der Waals surface area contributed by atoms with Crippen LogP contribution in [0.1, 0.15) is 32.3 Å². The molecule has 3 aliphatic rings. The van der Waals surface area contributed by atoms with Crippen molar-refractivity contribution in [3.63, 3.8) is 0 Å². The summed E-state index contributed by atoms with van der Waals surface area (Å²) in [5.41, 5.74) is 0.287. The van der Waals surface area contributed by atoms with Crippen LogP contribution >= 0.6 is 11.8 Å². The molecule has 3 aliphatic heterocycles. The van der Waals surface area contributed by atoms with Crippen LogP contribution in [-0.4, -0.2) is 111 Å². The van der Waals surface area contributed by atoms with E-state index in [9.17, 15) is 39.8 Å². The van der Waals surface area contributed by atoms with E-state index in [1.54, 1.807) is 0 Å². The number of carboxylic acids is 1. The van der Waals surface area contributed by atoms with Gasteiger partial charge in [-0.1, -0.05) is 6.92 Å². The molecule has 13 nitrogen and oxygen atoms in total. The number of aliphatic carboxylic acids is 1. The highest BCUT2D eigenvalue weighted by Gasteiger charge is 2.59. The van der Waals surface area contributed by atoms with Crippen molar-refractivity contribution < 1.29 is 43.8 Å². The molecule has 2 fully saturated rings. The fourth-order valence-electron chi connectivity index (χ4n) is 5.99. The molecule has 0 spiro atoms. The van der Waals surface area contributed by atoms with E-state index >= 15 is 0 Å². The maximum absolute atomic E-state index is 13.3. The predicted octanol–water partition coefficient (Wildman–Crippen LogP) is 0.684. The number of thioether (sulfide) groups is 1. The van der Waals surface area contributed by atoms with Crippen LogP contribution in [0.4, 0.5) is 10.5 Å². The molecule has 0 radical (unpaired) electrons. The second-order valence-electron chi connectivity index (χ2n) is 12.3. The van der Waals surface area contributed by atoms with Gasteiger partial charge in [-0.15, -0.1) is 11.8 Å². The maximum atomic E-state index is 13.3. The third-order valence-corrected chi connectivity index (χ3v) is 9.68. The van der Waals surface area contributed by atoms with Crippen LogP contribution in [0, 0.1) is 22.0 Å². The molecule has 0 aromatic heterocycles. The third-order valence-electron chi connectivity index (χ3n) is 8.18. The van der Waals surface area contributed by atoms with Crippen molar-refractivity contribution in [1.29, 1.82) is 0 Å². The number of hydrogen-bond donors (Lipinski definition) is 2. The molecule has 1 aromatic carbocycles. The van der Waals surface area contributed by atoms with E-state index < -0.39 is 53.1 Å². The summed E-state index contributed by atoms with van der Waals surface area (Å²) in [6.07, 6.45) is -1.67. The van der Waals surface area contributed by atoms with Gasteiger partial charge in [0, 0.05) is 41.2 Å². The monoisotopic (exact) mass is 606 g/mol. The van der Waals surface area contributed by atoms with E-state index in [0.29, 0.717) is 34.3 Å². The molecule has 4 rings (SSSR count). The van der Waals surface area contributed by atoms with Crippen molar-refractivity contribution >= 4 is 35.4 Å². The summed E-state index contributed by atoms with van der Waals surface area (Å²) in [5, 5.41) is 44.0. The Morgan fingerprint density at radius 2 is 1.86 bits per heavy atom. The first-order valence-electron chi connectivity index (χ1n) is 13.9. The van der Waals surface area contributed by atoms with Gasteiger partial charge in [-0.25, -0.2) is 4.79 Å². The number of ether oxygens (including phenoxy) is 1. The first-order valence-corrected chi connectivity index (χ1v) is 14.8. The first kappa shape index (κ1) is 31.7. The SMILES string of the molecule is C[C@@H](O)[C@H]1C(=O)N2C(C(=O)[O-])=C(S[C@H]3C[C@@H]([C@@H](O)CC[N+](C)(C)C)N(C(=O)OCc4ccc([N+](=O)[O-])cc4)C3)[C@H](C)[C@H]12. The highest BCUT2D eigenvalue weighted by Crippen LogP contribution is 2.52. The Kier molecular flexibility index (Phi) is 9.21. The van der Waals surface area contributed by atoms with Gasteiger partial charge in [0.25, 0.3) is 5.69 Å². The molecule has 0 saturated carbocycles. The van der Waals surface area contributed by atoms with Gasteiger partial charge in [0.2, 0.25) is 5.91 Å². The number of nitro groups is 1. The van der Waals surface area contributed by atoms with Crippen LogP contribution < -0.4 is 5.11 Å². The Morgan fingerprint density at radius 3 is 2.40 bits per heavy atom. The molecule has 14 heteroatoms. The van der Waals surface area contributed by atoms with Crippen LogP contribution in [0.5, 0.6) is 0 Å². The zero-order chi connectivity index (χ0) is 31.1. The van der Waals surface area contributed by atoms with Gasteiger partial charge >= 0.3 is 6.09 Å². The van der Waals surface area contributed by atoms with Gasteiger partial charge < -0.3 is 39.1 Å². The normalized spacial score (nSPS) is 27.0. The minimum absolute atomic E-state index is 0.0810. The summed E-state index contributed by atoms with van der Waals surface area (Å²) >= 11 is 1.26. The fraction of sp³-hybridized carbons (Fsp3) is 0.607. The van der Waals surface area contributed by atoms with E-state index in [0.717, 1.165) is 0 Å². The van der Waals surface area contributed by atoms with E-state index in [1.165, 1.54) is 52.8 Å². The summed E-state index contributed by atoms with van der Waals surface area (Å²) < 4.78 is 6.14. The number of rotatable bonds is 11. The number of benzene rings is 1. The summed E-state index contributed by atoms with van der Waals surface area (Å²) in [6, 6.07) is 4.58. The number of nitro benzene ring substituents is 1. The van der Waals surface area contributed by atoms with Crippen LogP contribution in [0.2, 0.25) is 0 Å². The van der Waals surface area contributed by atoms with Gasteiger partial charge in [-0.3, -0.25) is 14.9 Å². The molecule has 2 amide bonds. The molecule has 3 heterocycles. The standard InChI is InChI=1S/C28H38N4O9S/c1-15-23-22(16(2)33)26(35)30(23)24(27(36)37)25(15)42-19-12-20(21(34)10-11-32(3,4)5)29(13-19)28(38)41-14-17-6-8-18(9-7-17)31(39)40/h6-9,15-16,19-23,33-34H,10-14H2,1-5H3/t15-,16-,19+,20+,21+,22-,23-/m1/s1. The van der Waals surface area contributed by atoms with Gasteiger partial charge in [-0.05, 0) is 31.0 Å². The topological polar surface area (TPSA) is 174 Å². The van der Waals surface area contributed by atoms with Crippen molar-refractivity contribution in [1.82, 2.24) is 9.80 Å². The highest BCUT2D eigenvalue weighted by atomic mass is 32.2. The second kappa shape index (κ2) is 12.2. The lowest BCUT2D eigenvalue weighted by Crippen LogP contribution is -2.64. The predicted molar refractivity (Wildman–Crippen MR) is 150 cm³/mol. The molecule has 2 saturated heterocycles. The lowest BCUT2D eigenvalue weighted by molar-refractivity contribution is -0.870. The third kappa shape index (κ3) is 6.41. The molecule has 7 atom stereocenters. The lowest BCUT2D eigenvalue weighted by Gasteiger charge is -2.47. The minimum atomic E-state index is -1.47. The van der Waals surface area contributed by atoms with Gasteiger partial charge in [0.1, 0.15) is 6.61 Å². The van der Waals surface area contributed by atoms with Crippen molar-refractivity contribution in [2.45, 2.75) is 62.8 Å². The second-order valence-corrected chi connectivity index (χ2v) is 13.6. The number of quaternary nitrogens is 1. The number of likely N-dealkylation sites (tertiary alicyclic amines) is 1. The zero-order valence-electron chi connectivity index (χ0n) is 24.3. The Labute approximate surface area is 248 Å². The number of non-ortho nitro benzene ring substituents is 1. The molecule has 1 aromatic rings. The van der Waals surface area contributed by atoms with Crippen LogP contribution in [0.25, 0.3) is 0 Å². The summed E-state index contributed by atoms with van der Waals surface area (Å²) in [7, 11) is 5.99. The quantitative estimate of drug-likeness (QED) is 0.158. The average molecular weight is 607 g/mol. The van der Waals surface area contributed by atoms with Crippen molar-refractivity contribution in [2.75, 3.05) is 34.2 Å². The van der Waals surface area contributed by atoms with Crippen molar-refractivity contribution in [3.8, 4) is 0 Å². The Balaban J connectivity index is 1.51. The molecule has 42 heavy (non-hydrogen) atoms.